The van der Waals surface area contributed by atoms with Gasteiger partial charge >= 0.3 is 21.6 Å². The largest absolute Gasteiger partial charge is 0.522 e. The van der Waals surface area contributed by atoms with Gasteiger partial charge in [-0.15, -0.1) is 0 Å². The number of carbonyl (C=O) groups excluding carboxylic acids is 1. The van der Waals surface area contributed by atoms with Gasteiger partial charge in [0.05, 0.1) is 6.61 Å². The van der Waals surface area contributed by atoms with Crippen molar-refractivity contribution in [2.75, 3.05) is 6.61 Å². The van der Waals surface area contributed by atoms with Gasteiger partial charge in [0.2, 0.25) is 0 Å². The molecule has 0 aromatic carbocycles. The summed E-state index contributed by atoms with van der Waals surface area (Å²) in [6.45, 7) is 4.45. The third-order valence-electron chi connectivity index (χ3n) is 1.58. The summed E-state index contributed by atoms with van der Waals surface area (Å²) in [5.41, 5.74) is -5.53. The average molecular weight is 294 g/mol. The van der Waals surface area contributed by atoms with Gasteiger partial charge in [-0.05, 0) is 13.3 Å². The van der Waals surface area contributed by atoms with E-state index in [1.807, 2.05) is 6.92 Å². The second-order valence-electron chi connectivity index (χ2n) is 3.18. The molecule has 0 saturated heterocycles. The summed E-state index contributed by atoms with van der Waals surface area (Å²) in [5.74, 6) is -0.0593. The van der Waals surface area contributed by atoms with Gasteiger partial charge in [0.15, 0.2) is 0 Å². The first-order valence-electron chi connectivity index (χ1n) is 5.25. The molecule has 0 amide bonds. The maximum atomic E-state index is 10.7. The number of unbranched alkanes of at least 4 members (excludes halogenated alkanes) is 2. The highest BCUT2D eigenvalue weighted by atomic mass is 32.2. The van der Waals surface area contributed by atoms with E-state index in [4.69, 9.17) is 17.7 Å². The number of ether oxygens (including phenoxy) is 1. The zero-order chi connectivity index (χ0) is 14.8. The predicted molar refractivity (Wildman–Crippen MR) is 58.4 cm³/mol. The average Bonchev–Trinajstić information content (AvgIpc) is 2.16. The lowest BCUT2D eigenvalue weighted by Crippen LogP contribution is -2.21. The zero-order valence-electron chi connectivity index (χ0n) is 10.2. The maximum Gasteiger partial charge on any atom is 0.522 e. The van der Waals surface area contributed by atoms with E-state index < -0.39 is 15.6 Å². The predicted octanol–water partition coefficient (Wildman–Crippen LogP) is 2.52. The SMILES string of the molecule is CCCCCC(=O)OCC.O=S(=O)(O)C(F)(F)F. The summed E-state index contributed by atoms with van der Waals surface area (Å²) in [5, 5.41) is 0. The molecule has 9 heteroatoms. The molecule has 0 spiro atoms. The third kappa shape index (κ3) is 11.6. The number of esters is 1. The topological polar surface area (TPSA) is 80.7 Å². The van der Waals surface area contributed by atoms with E-state index in [-0.39, 0.29) is 5.97 Å². The Morgan fingerprint density at radius 3 is 1.94 bits per heavy atom. The molecular formula is C9H17F3O5S. The van der Waals surface area contributed by atoms with Crippen LogP contribution in [0.3, 0.4) is 0 Å². The number of alkyl halides is 3. The van der Waals surface area contributed by atoms with Gasteiger partial charge in [0.25, 0.3) is 0 Å². The van der Waals surface area contributed by atoms with Crippen molar-refractivity contribution in [3.05, 3.63) is 0 Å². The summed E-state index contributed by atoms with van der Waals surface area (Å²) in [6, 6.07) is 0. The van der Waals surface area contributed by atoms with E-state index in [2.05, 4.69) is 6.92 Å². The number of carbonyl (C=O) groups is 1. The van der Waals surface area contributed by atoms with Gasteiger partial charge in [0.1, 0.15) is 0 Å². The van der Waals surface area contributed by atoms with E-state index >= 15 is 0 Å². The standard InChI is InChI=1S/C8H16O2.CHF3O3S/c1-3-5-6-7-8(9)10-4-2;2-1(3,4)8(5,6)7/h3-7H2,1-2H3;(H,5,6,7). The molecule has 0 aromatic rings. The van der Waals surface area contributed by atoms with Crippen molar-refractivity contribution in [2.24, 2.45) is 0 Å². The Morgan fingerprint density at radius 2 is 1.67 bits per heavy atom. The first kappa shape index (κ1) is 19.5. The van der Waals surface area contributed by atoms with Crippen molar-refractivity contribution in [1.29, 1.82) is 0 Å². The summed E-state index contributed by atoms with van der Waals surface area (Å²) < 4.78 is 62.3. The van der Waals surface area contributed by atoms with Gasteiger partial charge in [-0.1, -0.05) is 19.8 Å². The molecule has 0 radical (unpaired) electrons. The van der Waals surface area contributed by atoms with Gasteiger partial charge in [-0.2, -0.15) is 21.6 Å². The van der Waals surface area contributed by atoms with E-state index in [1.165, 1.54) is 0 Å². The second-order valence-corrected chi connectivity index (χ2v) is 4.60. The number of halogens is 3. The quantitative estimate of drug-likeness (QED) is 0.365. The number of hydrogen-bond donors (Lipinski definition) is 1. The minimum Gasteiger partial charge on any atom is -0.466 e. The molecule has 0 saturated carbocycles. The Kier molecular flexibility index (Phi) is 9.91. The smallest absolute Gasteiger partial charge is 0.466 e. The fraction of sp³-hybridized carbons (Fsp3) is 0.889. The van der Waals surface area contributed by atoms with Crippen LogP contribution in [0.25, 0.3) is 0 Å². The van der Waals surface area contributed by atoms with Crippen molar-refractivity contribution in [3.63, 3.8) is 0 Å². The van der Waals surface area contributed by atoms with Gasteiger partial charge in [0, 0.05) is 6.42 Å². The van der Waals surface area contributed by atoms with Crippen LogP contribution in [0.4, 0.5) is 13.2 Å². The second kappa shape index (κ2) is 9.15. The Labute approximate surface area is 104 Å². The van der Waals surface area contributed by atoms with Gasteiger partial charge in [-0.3, -0.25) is 9.35 Å². The highest BCUT2D eigenvalue weighted by Gasteiger charge is 2.44. The summed E-state index contributed by atoms with van der Waals surface area (Å²) in [4.78, 5) is 10.7. The first-order chi connectivity index (χ1) is 8.06. The van der Waals surface area contributed by atoms with Crippen LogP contribution in [0.5, 0.6) is 0 Å². The van der Waals surface area contributed by atoms with E-state index in [0.717, 1.165) is 19.3 Å². The van der Waals surface area contributed by atoms with Crippen LogP contribution < -0.4 is 0 Å². The Hall–Kier alpha value is -0.830. The molecule has 1 N–H and O–H groups in total. The van der Waals surface area contributed by atoms with Crippen LogP contribution >= 0.6 is 0 Å². The van der Waals surface area contributed by atoms with Crippen molar-refractivity contribution in [3.8, 4) is 0 Å². The zero-order valence-corrected chi connectivity index (χ0v) is 11.0. The van der Waals surface area contributed by atoms with Crippen LogP contribution in [0.15, 0.2) is 0 Å². The highest BCUT2D eigenvalue weighted by Crippen LogP contribution is 2.20. The van der Waals surface area contributed by atoms with Gasteiger partial charge in [-0.25, -0.2) is 0 Å². The summed E-state index contributed by atoms with van der Waals surface area (Å²) in [6.07, 6.45) is 3.83. The highest BCUT2D eigenvalue weighted by molar-refractivity contribution is 7.86. The molecule has 0 fully saturated rings. The van der Waals surface area contributed by atoms with E-state index in [9.17, 15) is 18.0 Å². The van der Waals surface area contributed by atoms with E-state index in [1.54, 1.807) is 0 Å². The molecule has 0 heterocycles. The molecule has 5 nitrogen and oxygen atoms in total. The Balaban J connectivity index is 0. The first-order valence-corrected chi connectivity index (χ1v) is 6.69. The van der Waals surface area contributed by atoms with Crippen molar-refractivity contribution in [1.82, 2.24) is 0 Å². The number of hydrogen-bond acceptors (Lipinski definition) is 4. The molecular weight excluding hydrogens is 277 g/mol. The Bertz CT molecular complexity index is 324. The minimum absolute atomic E-state index is 0.0593. The molecule has 0 aliphatic rings. The molecule has 0 atom stereocenters. The molecule has 0 aromatic heterocycles. The van der Waals surface area contributed by atoms with E-state index in [0.29, 0.717) is 13.0 Å². The summed E-state index contributed by atoms with van der Waals surface area (Å²) in [7, 11) is -5.84. The molecule has 0 bridgehead atoms. The fourth-order valence-electron chi connectivity index (χ4n) is 0.752. The minimum atomic E-state index is -5.84. The van der Waals surface area contributed by atoms with Crippen LogP contribution in [0.1, 0.15) is 39.5 Å². The van der Waals surface area contributed by atoms with Crippen molar-refractivity contribution in [2.45, 2.75) is 45.0 Å². The third-order valence-corrected chi connectivity index (χ3v) is 2.17. The normalized spacial score (nSPS) is 11.4. The summed E-state index contributed by atoms with van der Waals surface area (Å²) >= 11 is 0. The van der Waals surface area contributed by atoms with Crippen molar-refractivity contribution < 1.29 is 35.7 Å². The lowest BCUT2D eigenvalue weighted by Gasteiger charge is -1.99. The molecule has 18 heavy (non-hydrogen) atoms. The van der Waals surface area contributed by atoms with Crippen LogP contribution in [-0.2, 0) is 19.6 Å². The van der Waals surface area contributed by atoms with Crippen LogP contribution in [0, 0.1) is 0 Å². The lowest BCUT2D eigenvalue weighted by molar-refractivity contribution is -0.143. The molecule has 110 valence electrons. The molecule has 0 aliphatic heterocycles. The van der Waals surface area contributed by atoms with Crippen molar-refractivity contribution >= 4 is 16.1 Å². The van der Waals surface area contributed by atoms with Crippen LogP contribution in [-0.4, -0.2) is 31.1 Å². The molecule has 0 unspecified atom stereocenters. The van der Waals surface area contributed by atoms with Gasteiger partial charge < -0.3 is 4.74 Å². The monoisotopic (exact) mass is 294 g/mol. The number of rotatable bonds is 5. The fourth-order valence-corrected chi connectivity index (χ4v) is 0.752. The van der Waals surface area contributed by atoms with Crippen LogP contribution in [0.2, 0.25) is 0 Å². The molecule has 0 aliphatic carbocycles. The lowest BCUT2D eigenvalue weighted by atomic mass is 10.2. The Morgan fingerprint density at radius 1 is 1.22 bits per heavy atom. The maximum absolute atomic E-state index is 10.7. The molecule has 0 rings (SSSR count).